The summed E-state index contributed by atoms with van der Waals surface area (Å²) in [4.78, 5) is 58.7. The van der Waals surface area contributed by atoms with E-state index in [9.17, 15) is 9.59 Å². The molecule has 39 heavy (non-hydrogen) atoms. The van der Waals surface area contributed by atoms with Gasteiger partial charge in [0.05, 0.1) is 19.3 Å². The molecule has 1 atom stereocenters. The summed E-state index contributed by atoms with van der Waals surface area (Å²) >= 11 is 0. The number of carbonyl (C=O) groups excluding carboxylic acids is 6. The second kappa shape index (κ2) is 22.8. The Morgan fingerprint density at radius 3 is 1.64 bits per heavy atom. The lowest BCUT2D eigenvalue weighted by molar-refractivity contribution is -0.193. The number of rotatable bonds is 4. The van der Waals surface area contributed by atoms with Crippen LogP contribution >= 0.6 is 0 Å². The minimum Gasteiger partial charge on any atom is -0.444 e. The SMILES string of the molecule is C.C.C[C@@H]1COCN1C(=O)OCc1ccccc1.O=C(OCc1ccccc1)N1CCOC1.O=C=O.O=C=O. The summed E-state index contributed by atoms with van der Waals surface area (Å²) in [5.41, 5.74) is 1.98. The molecule has 2 aliphatic heterocycles. The van der Waals surface area contributed by atoms with Gasteiger partial charge in [-0.05, 0) is 18.1 Å². The van der Waals surface area contributed by atoms with Crippen LogP contribution < -0.4 is 0 Å². The van der Waals surface area contributed by atoms with Crippen molar-refractivity contribution in [3.8, 4) is 0 Å². The largest absolute Gasteiger partial charge is 0.444 e. The third-order valence-electron chi connectivity index (χ3n) is 4.78. The topological polar surface area (TPSA) is 146 Å². The van der Waals surface area contributed by atoms with Crippen LogP contribution in [0.25, 0.3) is 0 Å². The van der Waals surface area contributed by atoms with Gasteiger partial charge in [-0.25, -0.2) is 9.59 Å². The highest BCUT2D eigenvalue weighted by atomic mass is 16.6. The molecule has 0 spiro atoms. The maximum atomic E-state index is 11.7. The van der Waals surface area contributed by atoms with Gasteiger partial charge in [0.25, 0.3) is 0 Å². The number of hydrogen-bond donors (Lipinski definition) is 0. The summed E-state index contributed by atoms with van der Waals surface area (Å²) in [5, 5.41) is 0. The van der Waals surface area contributed by atoms with Crippen molar-refractivity contribution in [2.24, 2.45) is 0 Å². The quantitative estimate of drug-likeness (QED) is 0.554. The molecular weight excluding hydrogens is 512 g/mol. The Balaban J connectivity index is 0. The van der Waals surface area contributed by atoms with Gasteiger partial charge < -0.3 is 18.9 Å². The summed E-state index contributed by atoms with van der Waals surface area (Å²) in [6, 6.07) is 19.3. The number of benzene rings is 2. The van der Waals surface area contributed by atoms with E-state index in [0.29, 0.717) is 46.4 Å². The molecule has 0 aromatic heterocycles. The van der Waals surface area contributed by atoms with Crippen molar-refractivity contribution in [1.82, 2.24) is 9.80 Å². The molecule has 2 aliphatic rings. The van der Waals surface area contributed by atoms with E-state index < -0.39 is 0 Å². The van der Waals surface area contributed by atoms with Gasteiger partial charge >= 0.3 is 24.5 Å². The third kappa shape index (κ3) is 15.5. The minimum absolute atomic E-state index is 0. The summed E-state index contributed by atoms with van der Waals surface area (Å²) in [6.45, 7) is 5.03. The molecule has 4 rings (SSSR count). The Kier molecular flexibility index (Phi) is 21.5. The lowest BCUT2D eigenvalue weighted by Crippen LogP contribution is -2.34. The first kappa shape index (κ1) is 36.8. The van der Waals surface area contributed by atoms with E-state index in [1.807, 2.05) is 67.6 Å². The van der Waals surface area contributed by atoms with Gasteiger partial charge in [0.2, 0.25) is 0 Å². The second-order valence-electron chi connectivity index (χ2n) is 7.37. The molecule has 0 saturated carbocycles. The average molecular weight is 549 g/mol. The Morgan fingerprint density at radius 1 is 0.795 bits per heavy atom. The normalized spacial score (nSPS) is 14.4. The molecule has 2 aromatic carbocycles. The Hall–Kier alpha value is -4.34. The van der Waals surface area contributed by atoms with E-state index in [0.717, 1.165) is 11.1 Å². The molecule has 0 radical (unpaired) electrons. The van der Waals surface area contributed by atoms with Crippen LogP contribution in [-0.2, 0) is 51.3 Å². The fourth-order valence-electron chi connectivity index (χ4n) is 2.94. The zero-order valence-corrected chi connectivity index (χ0v) is 20.3. The van der Waals surface area contributed by atoms with Gasteiger partial charge in [0.15, 0.2) is 0 Å². The Labute approximate surface area is 228 Å². The lowest BCUT2D eigenvalue weighted by Gasteiger charge is -2.18. The van der Waals surface area contributed by atoms with Crippen LogP contribution in [0.1, 0.15) is 32.9 Å². The smallest absolute Gasteiger partial charge is 0.412 e. The summed E-state index contributed by atoms with van der Waals surface area (Å²) in [6.07, 6.45) is -0.120. The molecule has 2 heterocycles. The first-order chi connectivity index (χ1) is 18.0. The Bertz CT molecular complexity index is 974. The molecule has 2 aromatic rings. The summed E-state index contributed by atoms with van der Waals surface area (Å²) in [5.74, 6) is 0. The lowest BCUT2D eigenvalue weighted by atomic mass is 10.2. The second-order valence-corrected chi connectivity index (χ2v) is 7.37. The van der Waals surface area contributed by atoms with E-state index in [2.05, 4.69) is 0 Å². The molecule has 12 nitrogen and oxygen atoms in total. The maximum Gasteiger partial charge on any atom is 0.412 e. The van der Waals surface area contributed by atoms with Crippen molar-refractivity contribution >= 4 is 24.5 Å². The molecule has 0 N–H and O–H groups in total. The Morgan fingerprint density at radius 2 is 1.26 bits per heavy atom. The predicted molar refractivity (Wildman–Crippen MR) is 136 cm³/mol. The third-order valence-corrected chi connectivity index (χ3v) is 4.78. The fourth-order valence-corrected chi connectivity index (χ4v) is 2.94. The highest BCUT2D eigenvalue weighted by Crippen LogP contribution is 2.11. The molecule has 214 valence electrons. The number of hydrogen-bond acceptors (Lipinski definition) is 10. The van der Waals surface area contributed by atoms with Crippen LogP contribution in [0.3, 0.4) is 0 Å². The van der Waals surface area contributed by atoms with Crippen LogP contribution in [0, 0.1) is 0 Å². The van der Waals surface area contributed by atoms with Crippen molar-refractivity contribution in [2.75, 3.05) is 33.2 Å². The van der Waals surface area contributed by atoms with Crippen molar-refractivity contribution in [3.63, 3.8) is 0 Å². The van der Waals surface area contributed by atoms with E-state index >= 15 is 0 Å². The highest BCUT2D eigenvalue weighted by Gasteiger charge is 2.27. The number of nitrogens with zero attached hydrogens (tertiary/aromatic N) is 2. The first-order valence-corrected chi connectivity index (χ1v) is 11.0. The summed E-state index contributed by atoms with van der Waals surface area (Å²) < 4.78 is 20.5. The molecule has 0 bridgehead atoms. The number of ether oxygens (including phenoxy) is 4. The van der Waals surface area contributed by atoms with E-state index in [1.54, 1.807) is 9.80 Å². The van der Waals surface area contributed by atoms with Gasteiger partial charge in [0.1, 0.15) is 26.7 Å². The monoisotopic (exact) mass is 548 g/mol. The van der Waals surface area contributed by atoms with Gasteiger partial charge in [-0.15, -0.1) is 0 Å². The van der Waals surface area contributed by atoms with E-state index in [-0.39, 0.29) is 45.4 Å². The van der Waals surface area contributed by atoms with Crippen LogP contribution in [0.2, 0.25) is 0 Å². The fraction of sp³-hybridized carbons (Fsp3) is 0.407. The zero-order valence-electron chi connectivity index (χ0n) is 20.3. The van der Waals surface area contributed by atoms with Gasteiger partial charge in [-0.2, -0.15) is 19.2 Å². The first-order valence-electron chi connectivity index (χ1n) is 11.0. The summed E-state index contributed by atoms with van der Waals surface area (Å²) in [7, 11) is 0. The van der Waals surface area contributed by atoms with Crippen LogP contribution in [0.5, 0.6) is 0 Å². The number of amides is 2. The molecule has 2 saturated heterocycles. The molecule has 2 fully saturated rings. The number of carbonyl (C=O) groups is 2. The van der Waals surface area contributed by atoms with Gasteiger partial charge in [-0.1, -0.05) is 75.5 Å². The molecule has 12 heteroatoms. The van der Waals surface area contributed by atoms with Crippen molar-refractivity contribution in [1.29, 1.82) is 0 Å². The molecule has 2 amide bonds. The predicted octanol–water partition coefficient (Wildman–Crippen LogP) is 3.72. The average Bonchev–Trinajstić information content (AvgIpc) is 3.61. The van der Waals surface area contributed by atoms with Gasteiger partial charge in [-0.3, -0.25) is 9.80 Å². The van der Waals surface area contributed by atoms with Crippen LogP contribution in [-0.4, -0.2) is 73.6 Å². The van der Waals surface area contributed by atoms with E-state index in [1.165, 1.54) is 0 Å². The molecule has 0 unspecified atom stereocenters. The van der Waals surface area contributed by atoms with E-state index in [4.69, 9.17) is 38.1 Å². The zero-order chi connectivity index (χ0) is 27.3. The molecular formula is C27H36N2O10. The van der Waals surface area contributed by atoms with Crippen LogP contribution in [0.15, 0.2) is 60.7 Å². The highest BCUT2D eigenvalue weighted by molar-refractivity contribution is 5.68. The van der Waals surface area contributed by atoms with Crippen molar-refractivity contribution in [2.45, 2.75) is 41.0 Å². The maximum absolute atomic E-state index is 11.7. The van der Waals surface area contributed by atoms with Crippen molar-refractivity contribution < 1.29 is 47.7 Å². The van der Waals surface area contributed by atoms with Gasteiger partial charge in [0, 0.05) is 6.54 Å². The van der Waals surface area contributed by atoms with Crippen LogP contribution in [0.4, 0.5) is 9.59 Å². The standard InChI is InChI=1S/C12H15NO3.C11H13NO3.2CO2.2CH4/c1-10-7-15-9-13(10)12(14)16-8-11-5-3-2-4-6-11;13-11(12-6-7-14-9-12)15-8-10-4-2-1-3-5-10;2*2-1-3;;/h2-6,10H,7-9H2,1H3;1-5H,6-9H2;;;2*1H4/t10-;;;;;/m1...../s1. The minimum atomic E-state index is -0.311. The van der Waals surface area contributed by atoms with Crippen molar-refractivity contribution in [3.05, 3.63) is 71.8 Å². The molecule has 0 aliphatic carbocycles.